The summed E-state index contributed by atoms with van der Waals surface area (Å²) in [5.41, 5.74) is 1.87. The van der Waals surface area contributed by atoms with Crippen molar-refractivity contribution < 1.29 is 5.11 Å². The highest BCUT2D eigenvalue weighted by Gasteiger charge is 2.23. The van der Waals surface area contributed by atoms with Crippen LogP contribution in [0.15, 0.2) is 30.5 Å². The van der Waals surface area contributed by atoms with Crippen molar-refractivity contribution in [3.8, 4) is 0 Å². The van der Waals surface area contributed by atoms with Crippen molar-refractivity contribution in [3.63, 3.8) is 0 Å². The van der Waals surface area contributed by atoms with Gasteiger partial charge in [0.25, 0.3) is 0 Å². The first-order valence-electron chi connectivity index (χ1n) is 6.98. The highest BCUT2D eigenvalue weighted by molar-refractivity contribution is 5.75. The Labute approximate surface area is 113 Å². The number of para-hydroxylation sites is 2. The molecule has 4 heteroatoms. The van der Waals surface area contributed by atoms with Crippen LogP contribution in [0.2, 0.25) is 0 Å². The predicted octanol–water partition coefficient (Wildman–Crippen LogP) is 2.37. The standard InChI is InChI=1S/C15H19N3O/c19-10-8-12-5-3-4-9-18(12)15-11-16-13-6-1-2-7-14(13)17-15/h1-2,6-7,11-12,19H,3-5,8-10H2. The van der Waals surface area contributed by atoms with E-state index in [1.165, 1.54) is 12.8 Å². The van der Waals surface area contributed by atoms with Gasteiger partial charge in [-0.1, -0.05) is 12.1 Å². The molecule has 1 aliphatic rings. The molecule has 3 rings (SSSR count). The van der Waals surface area contributed by atoms with Gasteiger partial charge >= 0.3 is 0 Å². The molecule has 2 aromatic rings. The third kappa shape index (κ3) is 2.54. The first-order valence-corrected chi connectivity index (χ1v) is 6.98. The first kappa shape index (κ1) is 12.4. The topological polar surface area (TPSA) is 49.2 Å². The molecule has 2 heterocycles. The third-order valence-electron chi connectivity index (χ3n) is 3.82. The summed E-state index contributed by atoms with van der Waals surface area (Å²) in [6.45, 7) is 1.25. The molecule has 0 amide bonds. The third-order valence-corrected chi connectivity index (χ3v) is 3.82. The summed E-state index contributed by atoms with van der Waals surface area (Å²) in [7, 11) is 0. The number of hydrogen-bond donors (Lipinski definition) is 1. The Bertz CT molecular complexity index is 556. The smallest absolute Gasteiger partial charge is 0.148 e. The SMILES string of the molecule is OCCC1CCCCN1c1cnc2ccccc2n1. The van der Waals surface area contributed by atoms with Crippen LogP contribution in [0.25, 0.3) is 11.0 Å². The molecule has 1 aliphatic heterocycles. The van der Waals surface area contributed by atoms with Gasteiger partial charge in [0.15, 0.2) is 0 Å². The van der Waals surface area contributed by atoms with E-state index < -0.39 is 0 Å². The van der Waals surface area contributed by atoms with Gasteiger partial charge in [0.1, 0.15) is 5.82 Å². The summed E-state index contributed by atoms with van der Waals surface area (Å²) in [4.78, 5) is 11.5. The van der Waals surface area contributed by atoms with Gasteiger partial charge < -0.3 is 10.0 Å². The maximum Gasteiger partial charge on any atom is 0.148 e. The number of aromatic nitrogens is 2. The van der Waals surface area contributed by atoms with Gasteiger partial charge in [-0.15, -0.1) is 0 Å². The minimum absolute atomic E-state index is 0.238. The molecular weight excluding hydrogens is 238 g/mol. The Balaban J connectivity index is 1.92. The van der Waals surface area contributed by atoms with Crippen LogP contribution in [0.3, 0.4) is 0 Å². The highest BCUT2D eigenvalue weighted by Crippen LogP contribution is 2.25. The largest absolute Gasteiger partial charge is 0.396 e. The minimum Gasteiger partial charge on any atom is -0.396 e. The molecule has 1 fully saturated rings. The molecule has 0 bridgehead atoms. The van der Waals surface area contributed by atoms with Crippen LogP contribution in [0.5, 0.6) is 0 Å². The van der Waals surface area contributed by atoms with E-state index in [4.69, 9.17) is 4.98 Å². The van der Waals surface area contributed by atoms with Crippen molar-refractivity contribution in [2.45, 2.75) is 31.7 Å². The van der Waals surface area contributed by atoms with Crippen molar-refractivity contribution in [1.29, 1.82) is 0 Å². The van der Waals surface area contributed by atoms with Gasteiger partial charge in [-0.3, -0.25) is 4.98 Å². The molecule has 4 nitrogen and oxygen atoms in total. The molecular formula is C15H19N3O. The Hall–Kier alpha value is -1.68. The molecule has 1 unspecified atom stereocenters. The quantitative estimate of drug-likeness (QED) is 0.917. The van der Waals surface area contributed by atoms with E-state index >= 15 is 0 Å². The van der Waals surface area contributed by atoms with Crippen molar-refractivity contribution >= 4 is 16.9 Å². The van der Waals surface area contributed by atoms with Crippen LogP contribution in [-0.2, 0) is 0 Å². The summed E-state index contributed by atoms with van der Waals surface area (Å²) >= 11 is 0. The molecule has 1 saturated heterocycles. The number of fused-ring (bicyclic) bond motifs is 1. The maximum absolute atomic E-state index is 9.19. The molecule has 19 heavy (non-hydrogen) atoms. The number of aliphatic hydroxyl groups excluding tert-OH is 1. The number of aliphatic hydroxyl groups is 1. The average molecular weight is 257 g/mol. The number of rotatable bonds is 3. The minimum atomic E-state index is 0.238. The predicted molar refractivity (Wildman–Crippen MR) is 76.2 cm³/mol. The van der Waals surface area contributed by atoms with Crippen LogP contribution in [0, 0.1) is 0 Å². The Kier molecular flexibility index (Phi) is 3.60. The molecule has 1 N–H and O–H groups in total. The fraction of sp³-hybridized carbons (Fsp3) is 0.467. The fourth-order valence-corrected chi connectivity index (χ4v) is 2.84. The van der Waals surface area contributed by atoms with Crippen molar-refractivity contribution in [3.05, 3.63) is 30.5 Å². The monoisotopic (exact) mass is 257 g/mol. The van der Waals surface area contributed by atoms with Crippen LogP contribution in [0.1, 0.15) is 25.7 Å². The van der Waals surface area contributed by atoms with E-state index in [9.17, 15) is 5.11 Å². The lowest BCUT2D eigenvalue weighted by Crippen LogP contribution is -2.40. The van der Waals surface area contributed by atoms with E-state index in [-0.39, 0.29) is 6.61 Å². The van der Waals surface area contributed by atoms with Gasteiger partial charge in [0.05, 0.1) is 17.2 Å². The Morgan fingerprint density at radius 3 is 2.89 bits per heavy atom. The maximum atomic E-state index is 9.19. The number of hydrogen-bond acceptors (Lipinski definition) is 4. The van der Waals surface area contributed by atoms with Gasteiger partial charge in [0, 0.05) is 19.2 Å². The van der Waals surface area contributed by atoms with Crippen molar-refractivity contribution in [2.24, 2.45) is 0 Å². The second-order valence-electron chi connectivity index (χ2n) is 5.07. The number of anilines is 1. The van der Waals surface area contributed by atoms with Gasteiger partial charge in [0.2, 0.25) is 0 Å². The molecule has 100 valence electrons. The van der Waals surface area contributed by atoms with Gasteiger partial charge in [-0.25, -0.2) is 4.98 Å². The molecule has 0 radical (unpaired) electrons. The molecule has 1 aromatic carbocycles. The van der Waals surface area contributed by atoms with Crippen LogP contribution in [-0.4, -0.2) is 34.3 Å². The molecule has 1 aromatic heterocycles. The second kappa shape index (κ2) is 5.53. The van der Waals surface area contributed by atoms with Crippen molar-refractivity contribution in [1.82, 2.24) is 9.97 Å². The highest BCUT2D eigenvalue weighted by atomic mass is 16.3. The summed E-state index contributed by atoms with van der Waals surface area (Å²) < 4.78 is 0. The van der Waals surface area contributed by atoms with E-state index in [1.54, 1.807) is 0 Å². The van der Waals surface area contributed by atoms with Crippen LogP contribution < -0.4 is 4.90 Å². The zero-order valence-corrected chi connectivity index (χ0v) is 11.0. The van der Waals surface area contributed by atoms with Gasteiger partial charge in [-0.2, -0.15) is 0 Å². The first-order chi connectivity index (χ1) is 9.38. The lowest BCUT2D eigenvalue weighted by atomic mass is 10.00. The molecule has 1 atom stereocenters. The summed E-state index contributed by atoms with van der Waals surface area (Å²) in [5, 5.41) is 9.19. The average Bonchev–Trinajstić information content (AvgIpc) is 2.48. The fourth-order valence-electron chi connectivity index (χ4n) is 2.84. The normalized spacial score (nSPS) is 19.8. The van der Waals surface area contributed by atoms with Gasteiger partial charge in [-0.05, 0) is 37.8 Å². The van der Waals surface area contributed by atoms with E-state index in [0.717, 1.165) is 36.2 Å². The Morgan fingerprint density at radius 1 is 1.21 bits per heavy atom. The van der Waals surface area contributed by atoms with Crippen LogP contribution in [0.4, 0.5) is 5.82 Å². The van der Waals surface area contributed by atoms with E-state index in [2.05, 4.69) is 9.88 Å². The summed E-state index contributed by atoms with van der Waals surface area (Å²) in [5.74, 6) is 0.942. The lowest BCUT2D eigenvalue weighted by molar-refractivity contribution is 0.262. The van der Waals surface area contributed by atoms with E-state index in [0.29, 0.717) is 6.04 Å². The summed E-state index contributed by atoms with van der Waals surface area (Å²) in [6.07, 6.45) is 6.24. The number of piperidine rings is 1. The zero-order valence-electron chi connectivity index (χ0n) is 11.0. The number of nitrogens with zero attached hydrogens (tertiary/aromatic N) is 3. The second-order valence-corrected chi connectivity index (χ2v) is 5.07. The molecule has 0 aliphatic carbocycles. The van der Waals surface area contributed by atoms with Crippen molar-refractivity contribution in [2.75, 3.05) is 18.1 Å². The Morgan fingerprint density at radius 2 is 2.05 bits per heavy atom. The summed E-state index contributed by atoms with van der Waals surface area (Å²) in [6, 6.07) is 8.34. The lowest BCUT2D eigenvalue weighted by Gasteiger charge is -2.36. The van der Waals surface area contributed by atoms with E-state index in [1.807, 2.05) is 30.5 Å². The zero-order chi connectivity index (χ0) is 13.1. The molecule has 0 saturated carbocycles. The number of benzene rings is 1. The van der Waals surface area contributed by atoms with Crippen LogP contribution >= 0.6 is 0 Å². The molecule has 0 spiro atoms.